The maximum atomic E-state index is 11.6. The third kappa shape index (κ3) is 3.13. The molecule has 0 aliphatic heterocycles. The molecule has 1 heterocycles. The lowest BCUT2D eigenvalue weighted by Crippen LogP contribution is -2.20. The Hall–Kier alpha value is -1.85. The second-order valence-electron chi connectivity index (χ2n) is 3.68. The van der Waals surface area contributed by atoms with Crippen molar-refractivity contribution < 1.29 is 0 Å². The molecular formula is C12H10Cl2N4O. The first-order chi connectivity index (χ1) is 9.09. The molecule has 0 aliphatic rings. The van der Waals surface area contributed by atoms with E-state index >= 15 is 0 Å². The summed E-state index contributed by atoms with van der Waals surface area (Å²) in [6.45, 7) is 0. The lowest BCUT2D eigenvalue weighted by molar-refractivity contribution is 0.708. The van der Waals surface area contributed by atoms with Crippen molar-refractivity contribution in [1.29, 1.82) is 0 Å². The average molecular weight is 297 g/mol. The van der Waals surface area contributed by atoms with E-state index in [9.17, 15) is 4.79 Å². The highest BCUT2D eigenvalue weighted by Gasteiger charge is 2.07. The fraction of sp³-hybridized carbons (Fsp3) is 0.0833. The molecule has 1 aromatic carbocycles. The summed E-state index contributed by atoms with van der Waals surface area (Å²) in [5, 5.41) is 8.06. The van der Waals surface area contributed by atoms with Crippen LogP contribution in [0.5, 0.6) is 0 Å². The first-order valence-corrected chi connectivity index (χ1v) is 6.11. The van der Waals surface area contributed by atoms with E-state index in [-0.39, 0.29) is 10.2 Å². The number of rotatable bonds is 3. The van der Waals surface area contributed by atoms with E-state index in [4.69, 9.17) is 23.2 Å². The van der Waals surface area contributed by atoms with Gasteiger partial charge in [-0.3, -0.25) is 10.2 Å². The Morgan fingerprint density at radius 2 is 2.05 bits per heavy atom. The smallest absolute Gasteiger partial charge is 0.274 e. The Balaban J connectivity index is 2.24. The molecule has 2 aromatic rings. The van der Waals surface area contributed by atoms with Crippen LogP contribution in [0.2, 0.25) is 5.02 Å². The number of aryl methyl sites for hydroxylation is 1. The molecule has 0 radical (unpaired) electrons. The molecule has 19 heavy (non-hydrogen) atoms. The lowest BCUT2D eigenvalue weighted by Gasteiger charge is -2.04. The Morgan fingerprint density at radius 3 is 2.74 bits per heavy atom. The molecule has 0 aliphatic carbocycles. The molecule has 0 saturated heterocycles. The van der Waals surface area contributed by atoms with Crippen molar-refractivity contribution in [3.63, 3.8) is 0 Å². The van der Waals surface area contributed by atoms with E-state index in [0.29, 0.717) is 5.69 Å². The van der Waals surface area contributed by atoms with Gasteiger partial charge in [-0.1, -0.05) is 53.5 Å². The van der Waals surface area contributed by atoms with Gasteiger partial charge in [0.25, 0.3) is 5.56 Å². The summed E-state index contributed by atoms with van der Waals surface area (Å²) in [6.07, 6.45) is 1.41. The molecular weight excluding hydrogens is 287 g/mol. The Morgan fingerprint density at radius 1 is 1.37 bits per heavy atom. The van der Waals surface area contributed by atoms with Crippen molar-refractivity contribution in [3.05, 3.63) is 57.5 Å². The van der Waals surface area contributed by atoms with E-state index in [2.05, 4.69) is 15.6 Å². The van der Waals surface area contributed by atoms with Crippen LogP contribution in [0.1, 0.15) is 5.56 Å². The van der Waals surface area contributed by atoms with Crippen molar-refractivity contribution in [2.75, 3.05) is 5.43 Å². The quantitative estimate of drug-likeness (QED) is 0.699. The van der Waals surface area contributed by atoms with Crippen LogP contribution in [-0.4, -0.2) is 15.0 Å². The van der Waals surface area contributed by atoms with Gasteiger partial charge in [0, 0.05) is 12.6 Å². The summed E-state index contributed by atoms with van der Waals surface area (Å²) in [7, 11) is 1.51. The molecule has 0 fully saturated rings. The van der Waals surface area contributed by atoms with Crippen LogP contribution in [0.25, 0.3) is 0 Å². The summed E-state index contributed by atoms with van der Waals surface area (Å²) < 4.78 is 1.13. The summed E-state index contributed by atoms with van der Waals surface area (Å²) in [6, 6.07) is 9.21. The SMILES string of the molecule is Cn1ncc(N/N=C(\Cl)c2ccccc2)c(Cl)c1=O. The minimum Gasteiger partial charge on any atom is -0.274 e. The van der Waals surface area contributed by atoms with E-state index in [1.54, 1.807) is 0 Å². The van der Waals surface area contributed by atoms with E-state index in [1.807, 2.05) is 30.3 Å². The third-order valence-corrected chi connectivity index (χ3v) is 3.03. The predicted molar refractivity (Wildman–Crippen MR) is 76.9 cm³/mol. The van der Waals surface area contributed by atoms with Gasteiger partial charge in [0.2, 0.25) is 0 Å². The van der Waals surface area contributed by atoms with Crippen molar-refractivity contribution in [2.45, 2.75) is 0 Å². The largest absolute Gasteiger partial charge is 0.287 e. The first-order valence-electron chi connectivity index (χ1n) is 5.36. The summed E-state index contributed by atoms with van der Waals surface area (Å²) in [5.74, 6) is 0. The van der Waals surface area contributed by atoms with Crippen molar-refractivity contribution in [3.8, 4) is 0 Å². The van der Waals surface area contributed by atoms with Gasteiger partial charge < -0.3 is 0 Å². The molecule has 0 saturated carbocycles. The fourth-order valence-corrected chi connectivity index (χ4v) is 1.72. The minimum absolute atomic E-state index is 0.0128. The van der Waals surface area contributed by atoms with Crippen LogP contribution < -0.4 is 11.0 Å². The minimum atomic E-state index is -0.405. The van der Waals surface area contributed by atoms with Crippen LogP contribution >= 0.6 is 23.2 Å². The average Bonchev–Trinajstić information content (AvgIpc) is 2.45. The predicted octanol–water partition coefficient (Wildman–Crippen LogP) is 2.45. The van der Waals surface area contributed by atoms with Gasteiger partial charge >= 0.3 is 0 Å². The van der Waals surface area contributed by atoms with Crippen LogP contribution in [-0.2, 0) is 7.05 Å². The maximum Gasteiger partial charge on any atom is 0.287 e. The molecule has 0 amide bonds. The Kier molecular flexibility index (Phi) is 4.19. The highest BCUT2D eigenvalue weighted by Crippen LogP contribution is 2.15. The zero-order valence-corrected chi connectivity index (χ0v) is 11.5. The van der Waals surface area contributed by atoms with Crippen LogP contribution in [0.4, 0.5) is 5.69 Å². The van der Waals surface area contributed by atoms with Gasteiger partial charge in [-0.2, -0.15) is 10.2 Å². The lowest BCUT2D eigenvalue weighted by atomic mass is 10.2. The second kappa shape index (κ2) is 5.86. The van der Waals surface area contributed by atoms with Crippen molar-refractivity contribution in [1.82, 2.24) is 9.78 Å². The number of nitrogens with one attached hydrogen (secondary N) is 1. The maximum absolute atomic E-state index is 11.6. The fourth-order valence-electron chi connectivity index (χ4n) is 1.34. The number of hydrogen-bond donors (Lipinski definition) is 1. The number of hydrazone groups is 1. The van der Waals surface area contributed by atoms with E-state index in [1.165, 1.54) is 13.2 Å². The number of aromatic nitrogens is 2. The molecule has 98 valence electrons. The zero-order valence-electron chi connectivity index (χ0n) is 9.97. The molecule has 5 nitrogen and oxygen atoms in total. The standard InChI is InChI=1S/C12H10Cl2N4O/c1-18-12(19)10(13)9(7-15-18)16-17-11(14)8-5-3-2-4-6-8/h2-7,16H,1H3/b17-11-. The number of halogens is 2. The Bertz CT molecular complexity index is 667. The monoisotopic (exact) mass is 296 g/mol. The molecule has 0 atom stereocenters. The summed E-state index contributed by atoms with van der Waals surface area (Å²) >= 11 is 11.9. The number of benzene rings is 1. The first kappa shape index (κ1) is 13.6. The molecule has 2 rings (SSSR count). The van der Waals surface area contributed by atoms with Crippen LogP contribution in [0.3, 0.4) is 0 Å². The summed E-state index contributed by atoms with van der Waals surface area (Å²) in [4.78, 5) is 11.6. The molecule has 0 bridgehead atoms. The molecule has 7 heteroatoms. The van der Waals surface area contributed by atoms with E-state index < -0.39 is 5.56 Å². The molecule has 1 N–H and O–H groups in total. The van der Waals surface area contributed by atoms with Crippen LogP contribution in [0.15, 0.2) is 46.4 Å². The number of anilines is 1. The zero-order chi connectivity index (χ0) is 13.8. The number of hydrogen-bond acceptors (Lipinski definition) is 4. The summed E-state index contributed by atoms with van der Waals surface area (Å²) in [5.41, 5.74) is 3.28. The number of nitrogens with zero attached hydrogens (tertiary/aromatic N) is 3. The normalized spacial score (nSPS) is 11.4. The third-order valence-electron chi connectivity index (χ3n) is 2.36. The van der Waals surface area contributed by atoms with Crippen molar-refractivity contribution in [2.24, 2.45) is 12.1 Å². The van der Waals surface area contributed by atoms with Gasteiger partial charge in [-0.05, 0) is 0 Å². The molecule has 0 unspecified atom stereocenters. The highest BCUT2D eigenvalue weighted by molar-refractivity contribution is 6.69. The van der Waals surface area contributed by atoms with Crippen molar-refractivity contribution >= 4 is 34.1 Å². The van der Waals surface area contributed by atoms with Gasteiger partial charge in [0.05, 0.1) is 6.20 Å². The topological polar surface area (TPSA) is 59.3 Å². The van der Waals surface area contributed by atoms with Gasteiger partial charge in [0.15, 0.2) is 5.17 Å². The highest BCUT2D eigenvalue weighted by atomic mass is 35.5. The van der Waals surface area contributed by atoms with Gasteiger partial charge in [-0.25, -0.2) is 4.68 Å². The molecule has 1 aromatic heterocycles. The van der Waals surface area contributed by atoms with Crippen LogP contribution in [0, 0.1) is 0 Å². The van der Waals surface area contributed by atoms with Gasteiger partial charge in [-0.15, -0.1) is 0 Å². The Labute approximate surface area is 119 Å². The molecule has 0 spiro atoms. The second-order valence-corrected chi connectivity index (χ2v) is 4.42. The van der Waals surface area contributed by atoms with Gasteiger partial charge in [0.1, 0.15) is 10.7 Å². The van der Waals surface area contributed by atoms with E-state index in [0.717, 1.165) is 10.2 Å².